The van der Waals surface area contributed by atoms with Gasteiger partial charge in [-0.05, 0) is 94.3 Å². The normalized spacial score (nSPS) is 12.4. The molecule has 42 heavy (non-hydrogen) atoms. The van der Waals surface area contributed by atoms with E-state index in [1.807, 2.05) is 27.7 Å². The van der Waals surface area contributed by atoms with Crippen molar-refractivity contribution in [2.45, 2.75) is 64.1 Å². The average molecular weight is 635 g/mol. The zero-order valence-corrected chi connectivity index (χ0v) is 26.8. The average Bonchev–Trinajstić information content (AvgIpc) is 2.92. The highest BCUT2D eigenvalue weighted by molar-refractivity contribution is 7.92. The first-order valence-electron chi connectivity index (χ1n) is 13.6. The van der Waals surface area contributed by atoms with Gasteiger partial charge in [0.15, 0.2) is 0 Å². The van der Waals surface area contributed by atoms with Crippen LogP contribution < -0.4 is 14.4 Å². The quantitative estimate of drug-likeness (QED) is 0.252. The molecule has 0 radical (unpaired) electrons. The molecule has 1 atom stereocenters. The summed E-state index contributed by atoms with van der Waals surface area (Å²) in [6.07, 6.45) is 0.297. The van der Waals surface area contributed by atoms with Gasteiger partial charge in [-0.1, -0.05) is 48.3 Å². The topological polar surface area (TPSA) is 96.0 Å². The van der Waals surface area contributed by atoms with Crippen LogP contribution in [0.3, 0.4) is 0 Å². The van der Waals surface area contributed by atoms with Gasteiger partial charge in [-0.2, -0.15) is 0 Å². The predicted molar refractivity (Wildman–Crippen MR) is 168 cm³/mol. The molecule has 1 N–H and O–H groups in total. The molecular formula is C31H37Cl2N3O5S. The molecular weight excluding hydrogens is 597 g/mol. The number of anilines is 1. The lowest BCUT2D eigenvalue weighted by Gasteiger charge is -2.35. The van der Waals surface area contributed by atoms with Crippen LogP contribution in [0.1, 0.15) is 46.6 Å². The van der Waals surface area contributed by atoms with Crippen molar-refractivity contribution in [1.29, 1.82) is 0 Å². The van der Waals surface area contributed by atoms with Gasteiger partial charge in [0.25, 0.3) is 10.0 Å². The minimum absolute atomic E-state index is 0.00663. The van der Waals surface area contributed by atoms with Crippen molar-refractivity contribution in [2.75, 3.05) is 17.5 Å². The number of ether oxygens (including phenoxy) is 1. The van der Waals surface area contributed by atoms with Crippen molar-refractivity contribution < 1.29 is 22.7 Å². The summed E-state index contributed by atoms with van der Waals surface area (Å²) >= 11 is 12.5. The third-order valence-electron chi connectivity index (χ3n) is 6.30. The molecule has 11 heteroatoms. The van der Waals surface area contributed by atoms with E-state index in [4.69, 9.17) is 27.9 Å². The predicted octanol–water partition coefficient (Wildman–Crippen LogP) is 6.31. The first-order valence-corrected chi connectivity index (χ1v) is 15.8. The van der Waals surface area contributed by atoms with Gasteiger partial charge in [0.2, 0.25) is 11.8 Å². The zero-order valence-electron chi connectivity index (χ0n) is 24.4. The van der Waals surface area contributed by atoms with E-state index in [0.717, 1.165) is 4.31 Å². The van der Waals surface area contributed by atoms with E-state index in [1.165, 1.54) is 29.2 Å². The number of nitrogens with zero attached hydrogens (tertiary/aromatic N) is 2. The van der Waals surface area contributed by atoms with E-state index >= 15 is 0 Å². The maximum absolute atomic E-state index is 14.2. The van der Waals surface area contributed by atoms with Gasteiger partial charge in [-0.15, -0.1) is 0 Å². The summed E-state index contributed by atoms with van der Waals surface area (Å²) in [5.41, 5.74) is 0.338. The molecule has 1 unspecified atom stereocenters. The Morgan fingerprint density at radius 3 is 2.10 bits per heavy atom. The molecule has 0 fully saturated rings. The number of benzene rings is 3. The second kappa shape index (κ2) is 14.3. The number of carbonyl (C=O) groups is 2. The van der Waals surface area contributed by atoms with Crippen molar-refractivity contribution in [3.8, 4) is 5.75 Å². The number of rotatable bonds is 12. The molecule has 226 valence electrons. The highest BCUT2D eigenvalue weighted by Crippen LogP contribution is 2.28. The molecule has 3 aromatic carbocycles. The minimum atomic E-state index is -4.23. The largest absolute Gasteiger partial charge is 0.494 e. The standard InChI is InChI=1S/C31H37Cl2N3O5S/c1-6-28(30(38)34-31(3,4)5)35(20-22-10-8-9-11-27(22)33)29(37)21-36(24-14-16-25(17-15-24)41-7-2)42(39,40)26-18-12-23(32)13-19-26/h8-19,28H,6-7,20-21H2,1-5H3,(H,34,38). The first kappa shape index (κ1) is 33.2. The van der Waals surface area contributed by atoms with E-state index in [2.05, 4.69) is 5.32 Å². The van der Waals surface area contributed by atoms with E-state index in [9.17, 15) is 18.0 Å². The molecule has 0 heterocycles. The number of hydrogen-bond donors (Lipinski definition) is 1. The van der Waals surface area contributed by atoms with Crippen LogP contribution in [0.5, 0.6) is 5.75 Å². The number of hydrogen-bond acceptors (Lipinski definition) is 5. The minimum Gasteiger partial charge on any atom is -0.494 e. The summed E-state index contributed by atoms with van der Waals surface area (Å²) in [7, 11) is -4.23. The van der Waals surface area contributed by atoms with Crippen LogP contribution in [0.15, 0.2) is 77.7 Å². The SMILES string of the molecule is CCOc1ccc(N(CC(=O)N(Cc2ccccc2Cl)C(CC)C(=O)NC(C)(C)C)S(=O)(=O)c2ccc(Cl)cc2)cc1. The van der Waals surface area contributed by atoms with Crippen molar-refractivity contribution in [3.05, 3.63) is 88.4 Å². The molecule has 0 aliphatic rings. The Bertz CT molecular complexity index is 1470. The van der Waals surface area contributed by atoms with Crippen LogP contribution in [0.4, 0.5) is 5.69 Å². The number of amides is 2. The smallest absolute Gasteiger partial charge is 0.264 e. The Balaban J connectivity index is 2.08. The molecule has 0 saturated carbocycles. The van der Waals surface area contributed by atoms with Gasteiger partial charge < -0.3 is 15.0 Å². The van der Waals surface area contributed by atoms with E-state index in [0.29, 0.717) is 34.4 Å². The van der Waals surface area contributed by atoms with Crippen LogP contribution in [-0.2, 0) is 26.2 Å². The summed E-state index contributed by atoms with van der Waals surface area (Å²) in [5.74, 6) is -0.363. The van der Waals surface area contributed by atoms with E-state index in [-0.39, 0.29) is 23.0 Å². The Morgan fingerprint density at radius 2 is 1.55 bits per heavy atom. The number of sulfonamides is 1. The third-order valence-corrected chi connectivity index (χ3v) is 8.71. The Morgan fingerprint density at radius 1 is 0.929 bits per heavy atom. The summed E-state index contributed by atoms with van der Waals surface area (Å²) < 4.78 is 34.5. The fourth-order valence-electron chi connectivity index (χ4n) is 4.32. The maximum atomic E-state index is 14.2. The number of carbonyl (C=O) groups excluding carboxylic acids is 2. The van der Waals surface area contributed by atoms with Crippen LogP contribution in [-0.4, -0.2) is 49.9 Å². The fourth-order valence-corrected chi connectivity index (χ4v) is 6.06. The monoisotopic (exact) mass is 633 g/mol. The van der Waals surface area contributed by atoms with Crippen molar-refractivity contribution in [3.63, 3.8) is 0 Å². The third kappa shape index (κ3) is 8.63. The zero-order chi connectivity index (χ0) is 31.1. The van der Waals surface area contributed by atoms with Gasteiger partial charge in [-0.3, -0.25) is 13.9 Å². The summed E-state index contributed by atoms with van der Waals surface area (Å²) in [6.45, 7) is 9.08. The van der Waals surface area contributed by atoms with Gasteiger partial charge in [0, 0.05) is 22.1 Å². The number of halogens is 2. The molecule has 0 saturated heterocycles. The summed E-state index contributed by atoms with van der Waals surface area (Å²) in [6, 6.07) is 18.3. The summed E-state index contributed by atoms with van der Waals surface area (Å²) in [5, 5.41) is 3.75. The molecule has 8 nitrogen and oxygen atoms in total. The second-order valence-corrected chi connectivity index (χ2v) is 13.4. The van der Waals surface area contributed by atoms with Crippen LogP contribution >= 0.6 is 23.2 Å². The van der Waals surface area contributed by atoms with Crippen molar-refractivity contribution in [2.24, 2.45) is 0 Å². The van der Waals surface area contributed by atoms with Gasteiger partial charge in [0.1, 0.15) is 18.3 Å². The molecule has 3 aromatic rings. The Hall–Kier alpha value is -3.27. The molecule has 3 rings (SSSR count). The summed E-state index contributed by atoms with van der Waals surface area (Å²) in [4.78, 5) is 28.9. The molecule has 0 aliphatic heterocycles. The van der Waals surface area contributed by atoms with Gasteiger partial charge >= 0.3 is 0 Å². The fraction of sp³-hybridized carbons (Fsp3) is 0.355. The van der Waals surface area contributed by atoms with Crippen LogP contribution in [0.25, 0.3) is 0 Å². The van der Waals surface area contributed by atoms with E-state index < -0.39 is 34.1 Å². The van der Waals surface area contributed by atoms with E-state index in [1.54, 1.807) is 55.5 Å². The van der Waals surface area contributed by atoms with Crippen molar-refractivity contribution in [1.82, 2.24) is 10.2 Å². The molecule has 0 bridgehead atoms. The van der Waals surface area contributed by atoms with Gasteiger partial charge in [0.05, 0.1) is 17.2 Å². The van der Waals surface area contributed by atoms with Gasteiger partial charge in [-0.25, -0.2) is 8.42 Å². The molecule has 0 aromatic heterocycles. The lowest BCUT2D eigenvalue weighted by molar-refractivity contribution is -0.141. The Labute approximate surface area is 258 Å². The lowest BCUT2D eigenvalue weighted by atomic mass is 10.1. The Kier molecular flexibility index (Phi) is 11.3. The van der Waals surface area contributed by atoms with Crippen molar-refractivity contribution >= 4 is 50.7 Å². The van der Waals surface area contributed by atoms with Crippen LogP contribution in [0.2, 0.25) is 10.0 Å². The molecule has 0 aliphatic carbocycles. The molecule has 2 amide bonds. The lowest BCUT2D eigenvalue weighted by Crippen LogP contribution is -2.55. The maximum Gasteiger partial charge on any atom is 0.264 e. The molecule has 0 spiro atoms. The second-order valence-electron chi connectivity index (χ2n) is 10.7. The highest BCUT2D eigenvalue weighted by atomic mass is 35.5. The highest BCUT2D eigenvalue weighted by Gasteiger charge is 2.35. The number of nitrogens with one attached hydrogen (secondary N) is 1. The first-order chi connectivity index (χ1) is 19.8. The van der Waals surface area contributed by atoms with Crippen LogP contribution in [0, 0.1) is 0 Å².